The van der Waals surface area contributed by atoms with E-state index >= 15 is 0 Å². The van der Waals surface area contributed by atoms with E-state index in [1.807, 2.05) is 0 Å². The first kappa shape index (κ1) is 10.2. The van der Waals surface area contributed by atoms with Crippen LogP contribution in [0.25, 0.3) is 0 Å². The van der Waals surface area contributed by atoms with Crippen molar-refractivity contribution in [2.24, 2.45) is 11.6 Å². The van der Waals surface area contributed by atoms with Gasteiger partial charge < -0.3 is 5.73 Å². The minimum absolute atomic E-state index is 0.123. The van der Waals surface area contributed by atoms with Gasteiger partial charge >= 0.3 is 0 Å². The Kier molecular flexibility index (Phi) is 3.42. The van der Waals surface area contributed by atoms with Crippen LogP contribution < -0.4 is 16.6 Å². The van der Waals surface area contributed by atoms with Gasteiger partial charge in [-0.05, 0) is 24.3 Å². The Morgan fingerprint density at radius 3 is 2.31 bits per heavy atom. The molecule has 0 saturated heterocycles. The molecular weight excluding hydrogens is 209 g/mol. The standard InChI is InChI=1S/C8H9Cl2N3/c9-6-1-3-7(4-2-6)13(12)5-8(10)11/h1-5H,11-12H2/b8-5-. The lowest BCUT2D eigenvalue weighted by molar-refractivity contribution is 1.07. The second-order valence-corrected chi connectivity index (χ2v) is 3.27. The number of anilines is 1. The molecule has 0 atom stereocenters. The molecule has 70 valence electrons. The minimum atomic E-state index is 0.123. The molecule has 0 aliphatic heterocycles. The lowest BCUT2D eigenvalue weighted by Crippen LogP contribution is -2.25. The van der Waals surface area contributed by atoms with E-state index in [1.165, 1.54) is 11.2 Å². The smallest absolute Gasteiger partial charge is 0.117 e. The predicted octanol–water partition coefficient (Wildman–Crippen LogP) is 2.02. The quantitative estimate of drug-likeness (QED) is 0.453. The number of rotatable bonds is 2. The number of hydrogen-bond donors (Lipinski definition) is 2. The molecule has 1 rings (SSSR count). The van der Waals surface area contributed by atoms with Gasteiger partial charge in [-0.1, -0.05) is 23.2 Å². The molecule has 0 fully saturated rings. The molecule has 0 aromatic heterocycles. The number of hydrazine groups is 1. The van der Waals surface area contributed by atoms with Gasteiger partial charge in [-0.2, -0.15) is 0 Å². The number of nitrogens with two attached hydrogens (primary N) is 2. The van der Waals surface area contributed by atoms with Crippen LogP contribution in [0.2, 0.25) is 5.02 Å². The van der Waals surface area contributed by atoms with E-state index in [1.54, 1.807) is 24.3 Å². The second-order valence-electron chi connectivity index (χ2n) is 2.40. The van der Waals surface area contributed by atoms with E-state index in [4.69, 9.17) is 34.8 Å². The molecule has 0 unspecified atom stereocenters. The van der Waals surface area contributed by atoms with E-state index in [9.17, 15) is 0 Å². The lowest BCUT2D eigenvalue weighted by Gasteiger charge is -2.13. The summed E-state index contributed by atoms with van der Waals surface area (Å²) in [4.78, 5) is 0. The van der Waals surface area contributed by atoms with Crippen LogP contribution in [0.3, 0.4) is 0 Å². The first-order valence-electron chi connectivity index (χ1n) is 3.52. The van der Waals surface area contributed by atoms with Gasteiger partial charge in [0.15, 0.2) is 0 Å². The zero-order valence-electron chi connectivity index (χ0n) is 6.74. The lowest BCUT2D eigenvalue weighted by atomic mass is 10.3. The van der Waals surface area contributed by atoms with E-state index < -0.39 is 0 Å². The highest BCUT2D eigenvalue weighted by atomic mass is 35.5. The molecule has 0 radical (unpaired) electrons. The van der Waals surface area contributed by atoms with Gasteiger partial charge in [0, 0.05) is 5.02 Å². The molecule has 0 saturated carbocycles. The van der Waals surface area contributed by atoms with Gasteiger partial charge in [0.2, 0.25) is 0 Å². The zero-order valence-corrected chi connectivity index (χ0v) is 8.26. The van der Waals surface area contributed by atoms with Crippen molar-refractivity contribution in [1.82, 2.24) is 0 Å². The van der Waals surface area contributed by atoms with Gasteiger partial charge in [-0.3, -0.25) is 5.01 Å². The first-order chi connectivity index (χ1) is 6.09. The third-order valence-corrected chi connectivity index (χ3v) is 1.74. The van der Waals surface area contributed by atoms with Gasteiger partial charge in [0.1, 0.15) is 5.16 Å². The largest absolute Gasteiger partial charge is 0.388 e. The molecule has 13 heavy (non-hydrogen) atoms. The van der Waals surface area contributed by atoms with Crippen LogP contribution in [-0.4, -0.2) is 0 Å². The van der Waals surface area contributed by atoms with Crippen molar-refractivity contribution in [2.45, 2.75) is 0 Å². The van der Waals surface area contributed by atoms with Crippen molar-refractivity contribution in [3.63, 3.8) is 0 Å². The van der Waals surface area contributed by atoms with E-state index in [0.29, 0.717) is 5.02 Å². The fraction of sp³-hybridized carbons (Fsp3) is 0. The van der Waals surface area contributed by atoms with Crippen molar-refractivity contribution in [3.05, 3.63) is 40.6 Å². The maximum absolute atomic E-state index is 5.70. The average molecular weight is 218 g/mol. The highest BCUT2D eigenvalue weighted by Gasteiger charge is 1.97. The van der Waals surface area contributed by atoms with Crippen LogP contribution in [0.5, 0.6) is 0 Å². The molecule has 4 N–H and O–H groups in total. The Hall–Kier alpha value is -0.900. The number of halogens is 2. The number of hydrogen-bond acceptors (Lipinski definition) is 3. The van der Waals surface area contributed by atoms with Crippen LogP contribution in [0.1, 0.15) is 0 Å². The molecular formula is C8H9Cl2N3. The zero-order chi connectivity index (χ0) is 9.84. The topological polar surface area (TPSA) is 55.3 Å². The second kappa shape index (κ2) is 4.37. The van der Waals surface area contributed by atoms with Crippen LogP contribution >= 0.6 is 23.2 Å². The van der Waals surface area contributed by atoms with Gasteiger partial charge in [0.25, 0.3) is 0 Å². The summed E-state index contributed by atoms with van der Waals surface area (Å²) < 4.78 is 0. The van der Waals surface area contributed by atoms with Crippen molar-refractivity contribution < 1.29 is 0 Å². The minimum Gasteiger partial charge on any atom is -0.388 e. The highest BCUT2D eigenvalue weighted by Crippen LogP contribution is 2.16. The molecule has 3 nitrogen and oxygen atoms in total. The van der Waals surface area contributed by atoms with Crippen LogP contribution in [0.15, 0.2) is 35.6 Å². The Morgan fingerprint density at radius 2 is 1.85 bits per heavy atom. The van der Waals surface area contributed by atoms with Crippen molar-refractivity contribution in [1.29, 1.82) is 0 Å². The van der Waals surface area contributed by atoms with Gasteiger partial charge in [0.05, 0.1) is 11.9 Å². The highest BCUT2D eigenvalue weighted by molar-refractivity contribution is 6.30. The normalized spacial score (nSPS) is 11.5. The number of benzene rings is 1. The molecule has 0 amide bonds. The van der Waals surface area contributed by atoms with Crippen LogP contribution in [-0.2, 0) is 0 Å². The van der Waals surface area contributed by atoms with Crippen molar-refractivity contribution >= 4 is 28.9 Å². The molecule has 1 aromatic rings. The summed E-state index contributed by atoms with van der Waals surface area (Å²) >= 11 is 11.1. The molecule has 0 aliphatic carbocycles. The Bertz CT molecular complexity index is 304. The average Bonchev–Trinajstić information content (AvgIpc) is 2.04. The Morgan fingerprint density at radius 1 is 1.31 bits per heavy atom. The Labute approximate surface area is 86.5 Å². The molecule has 0 spiro atoms. The molecule has 0 heterocycles. The predicted molar refractivity (Wildman–Crippen MR) is 56.2 cm³/mol. The molecule has 0 bridgehead atoms. The van der Waals surface area contributed by atoms with Gasteiger partial charge in [-0.25, -0.2) is 5.84 Å². The fourth-order valence-electron chi connectivity index (χ4n) is 0.821. The fourth-order valence-corrected chi connectivity index (χ4v) is 1.05. The van der Waals surface area contributed by atoms with Crippen molar-refractivity contribution in [2.75, 3.05) is 5.01 Å². The third kappa shape index (κ3) is 3.14. The SMILES string of the molecule is N/C(Cl)=C\N(N)c1ccc(Cl)cc1. The summed E-state index contributed by atoms with van der Waals surface area (Å²) in [5, 5.41) is 2.09. The van der Waals surface area contributed by atoms with Crippen molar-refractivity contribution in [3.8, 4) is 0 Å². The molecule has 1 aromatic carbocycles. The summed E-state index contributed by atoms with van der Waals surface area (Å²) in [5.74, 6) is 5.60. The molecule has 5 heteroatoms. The van der Waals surface area contributed by atoms with E-state index in [-0.39, 0.29) is 5.16 Å². The summed E-state index contributed by atoms with van der Waals surface area (Å²) in [5.41, 5.74) is 6.00. The van der Waals surface area contributed by atoms with Crippen LogP contribution in [0.4, 0.5) is 5.69 Å². The monoisotopic (exact) mass is 217 g/mol. The summed E-state index contributed by atoms with van der Waals surface area (Å²) in [6.07, 6.45) is 1.41. The van der Waals surface area contributed by atoms with E-state index in [0.717, 1.165) is 5.69 Å². The first-order valence-corrected chi connectivity index (χ1v) is 4.27. The van der Waals surface area contributed by atoms with Gasteiger partial charge in [-0.15, -0.1) is 0 Å². The maximum Gasteiger partial charge on any atom is 0.117 e. The maximum atomic E-state index is 5.70. The summed E-state index contributed by atoms with van der Waals surface area (Å²) in [6.45, 7) is 0. The third-order valence-electron chi connectivity index (χ3n) is 1.39. The Balaban J connectivity index is 2.83. The summed E-state index contributed by atoms with van der Waals surface area (Å²) in [6, 6.07) is 6.99. The molecule has 0 aliphatic rings. The van der Waals surface area contributed by atoms with E-state index in [2.05, 4.69) is 0 Å². The summed E-state index contributed by atoms with van der Waals surface area (Å²) in [7, 11) is 0. The number of nitrogens with zero attached hydrogens (tertiary/aromatic N) is 1. The van der Waals surface area contributed by atoms with Crippen LogP contribution in [0, 0.1) is 0 Å².